The van der Waals surface area contributed by atoms with E-state index in [2.05, 4.69) is 0 Å². The van der Waals surface area contributed by atoms with E-state index in [-0.39, 0.29) is 5.97 Å². The third kappa shape index (κ3) is 4.25. The lowest BCUT2D eigenvalue weighted by Crippen LogP contribution is -2.08. The minimum Gasteiger partial charge on any atom is -0.423 e. The standard InChI is InChI=1S/C18H16O2/c1-15(9-8-12-16-10-4-2-5-11-16)18(19)20-17-13-6-3-7-14-17/h2-14H,1H3. The number of allylic oxidation sites excluding steroid dienone is 2. The predicted molar refractivity (Wildman–Crippen MR) is 81.3 cm³/mol. The molecule has 0 saturated carbocycles. The molecule has 0 heterocycles. The summed E-state index contributed by atoms with van der Waals surface area (Å²) in [7, 11) is 0. The molecule has 2 nitrogen and oxygen atoms in total. The van der Waals surface area contributed by atoms with E-state index in [0.29, 0.717) is 11.3 Å². The van der Waals surface area contributed by atoms with E-state index in [0.717, 1.165) is 5.56 Å². The number of ether oxygens (including phenoxy) is 1. The van der Waals surface area contributed by atoms with Crippen molar-refractivity contribution >= 4 is 12.0 Å². The highest BCUT2D eigenvalue weighted by Gasteiger charge is 2.05. The fraction of sp³-hybridized carbons (Fsp3) is 0.0556. The molecule has 0 amide bonds. The van der Waals surface area contributed by atoms with Crippen molar-refractivity contribution in [2.75, 3.05) is 0 Å². The molecule has 0 N–H and O–H groups in total. The molecule has 0 radical (unpaired) electrons. The summed E-state index contributed by atoms with van der Waals surface area (Å²) in [4.78, 5) is 11.8. The van der Waals surface area contributed by atoms with Gasteiger partial charge in [0.05, 0.1) is 0 Å². The first kappa shape index (κ1) is 13.8. The monoisotopic (exact) mass is 264 g/mol. The first-order valence-corrected chi connectivity index (χ1v) is 6.43. The Labute approximate surface area is 119 Å². The van der Waals surface area contributed by atoms with Crippen molar-refractivity contribution in [2.24, 2.45) is 0 Å². The number of hydrogen-bond acceptors (Lipinski definition) is 2. The number of para-hydroxylation sites is 1. The van der Waals surface area contributed by atoms with E-state index in [1.807, 2.05) is 60.7 Å². The quantitative estimate of drug-likeness (QED) is 0.357. The van der Waals surface area contributed by atoms with Crippen LogP contribution in [0.5, 0.6) is 5.75 Å². The maximum Gasteiger partial charge on any atom is 0.339 e. The van der Waals surface area contributed by atoms with Gasteiger partial charge in [0.1, 0.15) is 5.75 Å². The molecule has 0 saturated heterocycles. The molecule has 0 aliphatic rings. The Hall–Kier alpha value is -2.61. The van der Waals surface area contributed by atoms with Gasteiger partial charge in [0.15, 0.2) is 0 Å². The van der Waals surface area contributed by atoms with Gasteiger partial charge in [0.25, 0.3) is 0 Å². The Morgan fingerprint density at radius 1 is 0.950 bits per heavy atom. The second kappa shape index (κ2) is 7.10. The Kier molecular flexibility index (Phi) is 4.90. The molecule has 2 aromatic carbocycles. The molecule has 0 spiro atoms. The van der Waals surface area contributed by atoms with E-state index < -0.39 is 0 Å². The molecule has 2 rings (SSSR count). The minimum absolute atomic E-state index is 0.339. The fourth-order valence-electron chi connectivity index (χ4n) is 1.61. The van der Waals surface area contributed by atoms with Crippen LogP contribution in [-0.4, -0.2) is 5.97 Å². The SMILES string of the molecule is CC(=CC=Cc1ccccc1)C(=O)Oc1ccccc1. The third-order valence-corrected chi connectivity index (χ3v) is 2.71. The summed E-state index contributed by atoms with van der Waals surface area (Å²) in [6, 6.07) is 19.0. The summed E-state index contributed by atoms with van der Waals surface area (Å²) in [6.45, 7) is 1.74. The van der Waals surface area contributed by atoms with Crippen molar-refractivity contribution < 1.29 is 9.53 Å². The first-order valence-electron chi connectivity index (χ1n) is 6.43. The van der Waals surface area contributed by atoms with Crippen molar-refractivity contribution in [1.29, 1.82) is 0 Å². The molecule has 0 fully saturated rings. The maximum absolute atomic E-state index is 11.8. The van der Waals surface area contributed by atoms with Crippen LogP contribution >= 0.6 is 0 Å². The van der Waals surface area contributed by atoms with Crippen molar-refractivity contribution in [3.05, 3.63) is 84.0 Å². The number of carbonyl (C=O) groups is 1. The normalized spacial score (nSPS) is 11.6. The third-order valence-electron chi connectivity index (χ3n) is 2.71. The molecule has 20 heavy (non-hydrogen) atoms. The highest BCUT2D eigenvalue weighted by Crippen LogP contribution is 2.11. The van der Waals surface area contributed by atoms with E-state index >= 15 is 0 Å². The molecule has 0 aliphatic heterocycles. The number of hydrogen-bond donors (Lipinski definition) is 0. The fourth-order valence-corrected chi connectivity index (χ4v) is 1.61. The van der Waals surface area contributed by atoms with Gasteiger partial charge in [-0.3, -0.25) is 0 Å². The zero-order valence-corrected chi connectivity index (χ0v) is 11.3. The van der Waals surface area contributed by atoms with Gasteiger partial charge in [-0.05, 0) is 24.6 Å². The average Bonchev–Trinajstić information content (AvgIpc) is 2.49. The van der Waals surface area contributed by atoms with Gasteiger partial charge < -0.3 is 4.74 Å². The summed E-state index contributed by atoms with van der Waals surface area (Å²) in [6.07, 6.45) is 5.54. The minimum atomic E-state index is -0.339. The molecular formula is C18H16O2. The van der Waals surface area contributed by atoms with Gasteiger partial charge >= 0.3 is 5.97 Å². The number of rotatable bonds is 4. The van der Waals surface area contributed by atoms with Crippen LogP contribution in [0.2, 0.25) is 0 Å². The average molecular weight is 264 g/mol. The van der Waals surface area contributed by atoms with Crippen LogP contribution in [0.15, 0.2) is 78.4 Å². The Bertz CT molecular complexity index is 610. The molecule has 2 aromatic rings. The van der Waals surface area contributed by atoms with Crippen LogP contribution in [0, 0.1) is 0 Å². The van der Waals surface area contributed by atoms with Crippen LogP contribution in [0.25, 0.3) is 6.08 Å². The number of benzene rings is 2. The van der Waals surface area contributed by atoms with Crippen LogP contribution in [0.4, 0.5) is 0 Å². The lowest BCUT2D eigenvalue weighted by molar-refractivity contribution is -0.130. The molecule has 0 atom stereocenters. The predicted octanol–water partition coefficient (Wildman–Crippen LogP) is 4.25. The van der Waals surface area contributed by atoms with Gasteiger partial charge in [-0.25, -0.2) is 4.79 Å². The Balaban J connectivity index is 1.96. The van der Waals surface area contributed by atoms with Gasteiger partial charge in [-0.15, -0.1) is 0 Å². The maximum atomic E-state index is 11.8. The molecule has 0 bridgehead atoms. The molecule has 0 unspecified atom stereocenters. The van der Waals surface area contributed by atoms with Crippen molar-refractivity contribution in [3.63, 3.8) is 0 Å². The summed E-state index contributed by atoms with van der Waals surface area (Å²) >= 11 is 0. The summed E-state index contributed by atoms with van der Waals surface area (Å²) in [5.74, 6) is 0.214. The summed E-state index contributed by atoms with van der Waals surface area (Å²) in [5, 5.41) is 0. The van der Waals surface area contributed by atoms with Crippen molar-refractivity contribution in [1.82, 2.24) is 0 Å². The Morgan fingerprint density at radius 2 is 1.55 bits per heavy atom. The van der Waals surface area contributed by atoms with Crippen LogP contribution in [0.3, 0.4) is 0 Å². The second-order valence-corrected chi connectivity index (χ2v) is 4.32. The van der Waals surface area contributed by atoms with Crippen LogP contribution in [-0.2, 0) is 4.79 Å². The second-order valence-electron chi connectivity index (χ2n) is 4.32. The number of esters is 1. The van der Waals surface area contributed by atoms with Crippen molar-refractivity contribution in [3.8, 4) is 5.75 Å². The molecular weight excluding hydrogens is 248 g/mol. The molecule has 2 heteroatoms. The molecule has 0 aliphatic carbocycles. The van der Waals surface area contributed by atoms with E-state index in [9.17, 15) is 4.79 Å². The first-order chi connectivity index (χ1) is 9.75. The topological polar surface area (TPSA) is 26.3 Å². The lowest BCUT2D eigenvalue weighted by Gasteiger charge is -2.03. The van der Waals surface area contributed by atoms with Crippen molar-refractivity contribution in [2.45, 2.75) is 6.92 Å². The molecule has 100 valence electrons. The van der Waals surface area contributed by atoms with Crippen LogP contribution in [0.1, 0.15) is 12.5 Å². The van der Waals surface area contributed by atoms with Gasteiger partial charge in [-0.2, -0.15) is 0 Å². The lowest BCUT2D eigenvalue weighted by atomic mass is 10.2. The summed E-state index contributed by atoms with van der Waals surface area (Å²) < 4.78 is 5.24. The zero-order valence-electron chi connectivity index (χ0n) is 11.3. The Morgan fingerprint density at radius 3 is 2.20 bits per heavy atom. The van der Waals surface area contributed by atoms with Gasteiger partial charge in [-0.1, -0.05) is 66.8 Å². The summed E-state index contributed by atoms with van der Waals surface area (Å²) in [5.41, 5.74) is 1.65. The molecule has 0 aromatic heterocycles. The number of carbonyl (C=O) groups excluding carboxylic acids is 1. The van der Waals surface area contributed by atoms with Gasteiger partial charge in [0.2, 0.25) is 0 Å². The van der Waals surface area contributed by atoms with Crippen LogP contribution < -0.4 is 4.74 Å². The van der Waals surface area contributed by atoms with E-state index in [4.69, 9.17) is 4.74 Å². The zero-order chi connectivity index (χ0) is 14.2. The van der Waals surface area contributed by atoms with E-state index in [1.54, 1.807) is 25.1 Å². The largest absolute Gasteiger partial charge is 0.423 e. The van der Waals surface area contributed by atoms with Gasteiger partial charge in [0, 0.05) is 5.57 Å². The van der Waals surface area contributed by atoms with E-state index in [1.165, 1.54) is 0 Å². The highest BCUT2D eigenvalue weighted by molar-refractivity contribution is 5.90. The smallest absolute Gasteiger partial charge is 0.339 e. The highest BCUT2D eigenvalue weighted by atomic mass is 16.5.